The summed E-state index contributed by atoms with van der Waals surface area (Å²) < 4.78 is 16.7. The highest BCUT2D eigenvalue weighted by Gasteiger charge is 2.23. The summed E-state index contributed by atoms with van der Waals surface area (Å²) in [7, 11) is 0. The van der Waals surface area contributed by atoms with Gasteiger partial charge in [0, 0.05) is 23.2 Å². The van der Waals surface area contributed by atoms with Gasteiger partial charge in [-0.25, -0.2) is 0 Å². The Morgan fingerprint density at radius 1 is 1.08 bits per heavy atom. The molecular formula is C30H39N3O5. The maximum Gasteiger partial charge on any atom is 0.306 e. The SMILES string of the molecule is CCCCCCCOC(=O)CC1COc2cc(NC(=O)c3ccc(C=NN4CCOCC4)cc3)ccc2C1. The number of anilines is 1. The maximum absolute atomic E-state index is 12.8. The Bertz CT molecular complexity index is 1080. The van der Waals surface area contributed by atoms with Crippen molar-refractivity contribution < 1.29 is 23.8 Å². The Balaban J connectivity index is 1.22. The number of rotatable bonds is 12. The Hall–Kier alpha value is -3.39. The predicted molar refractivity (Wildman–Crippen MR) is 148 cm³/mol. The lowest BCUT2D eigenvalue weighted by atomic mass is 9.94. The van der Waals surface area contributed by atoms with Gasteiger partial charge in [-0.05, 0) is 42.2 Å². The first-order valence-electron chi connectivity index (χ1n) is 13.8. The van der Waals surface area contributed by atoms with Gasteiger partial charge in [-0.15, -0.1) is 0 Å². The molecule has 1 amide bonds. The molecule has 4 rings (SSSR count). The molecule has 1 N–H and O–H groups in total. The van der Waals surface area contributed by atoms with Gasteiger partial charge in [0.2, 0.25) is 0 Å². The number of esters is 1. The van der Waals surface area contributed by atoms with E-state index in [1.54, 1.807) is 18.3 Å². The molecule has 2 aliphatic heterocycles. The molecule has 0 aliphatic carbocycles. The van der Waals surface area contributed by atoms with Gasteiger partial charge in [-0.3, -0.25) is 14.6 Å². The fourth-order valence-corrected chi connectivity index (χ4v) is 4.57. The van der Waals surface area contributed by atoms with Crippen LogP contribution in [0.3, 0.4) is 0 Å². The zero-order valence-electron chi connectivity index (χ0n) is 22.3. The zero-order valence-corrected chi connectivity index (χ0v) is 22.3. The second-order valence-electron chi connectivity index (χ2n) is 9.93. The first kappa shape index (κ1) is 27.6. The molecule has 1 atom stereocenters. The number of nitrogens with one attached hydrogen (secondary N) is 1. The molecule has 0 aromatic heterocycles. The lowest BCUT2D eigenvalue weighted by molar-refractivity contribution is -0.145. The highest BCUT2D eigenvalue weighted by molar-refractivity contribution is 6.04. The molecule has 8 nitrogen and oxygen atoms in total. The number of hydrogen-bond acceptors (Lipinski definition) is 7. The van der Waals surface area contributed by atoms with Crippen molar-refractivity contribution in [2.45, 2.75) is 51.9 Å². The van der Waals surface area contributed by atoms with E-state index in [9.17, 15) is 9.59 Å². The summed E-state index contributed by atoms with van der Waals surface area (Å²) in [4.78, 5) is 25.0. The number of fused-ring (bicyclic) bond motifs is 1. The van der Waals surface area contributed by atoms with Gasteiger partial charge >= 0.3 is 5.97 Å². The third-order valence-electron chi connectivity index (χ3n) is 6.80. The van der Waals surface area contributed by atoms with Crippen LogP contribution in [-0.2, 0) is 20.7 Å². The molecule has 8 heteroatoms. The monoisotopic (exact) mass is 521 g/mol. The highest BCUT2D eigenvalue weighted by atomic mass is 16.5. The van der Waals surface area contributed by atoms with Crippen LogP contribution >= 0.6 is 0 Å². The van der Waals surface area contributed by atoms with Crippen LogP contribution in [0.5, 0.6) is 5.75 Å². The van der Waals surface area contributed by atoms with Crippen molar-refractivity contribution in [1.82, 2.24) is 5.01 Å². The molecule has 0 saturated carbocycles. The smallest absolute Gasteiger partial charge is 0.306 e. The average Bonchev–Trinajstić information content (AvgIpc) is 2.94. The van der Waals surface area contributed by atoms with Crippen molar-refractivity contribution in [3.63, 3.8) is 0 Å². The van der Waals surface area contributed by atoms with Crippen LogP contribution in [0.2, 0.25) is 0 Å². The lowest BCUT2D eigenvalue weighted by Crippen LogP contribution is -2.32. The van der Waals surface area contributed by atoms with Crippen LogP contribution < -0.4 is 10.1 Å². The number of amides is 1. The molecule has 0 spiro atoms. The minimum Gasteiger partial charge on any atom is -0.493 e. The minimum atomic E-state index is -0.187. The Morgan fingerprint density at radius 2 is 1.87 bits per heavy atom. The van der Waals surface area contributed by atoms with Crippen LogP contribution in [0.15, 0.2) is 47.6 Å². The first-order chi connectivity index (χ1) is 18.6. The van der Waals surface area contributed by atoms with Gasteiger partial charge in [0.1, 0.15) is 5.75 Å². The second kappa shape index (κ2) is 14.5. The molecule has 2 aliphatic rings. The molecule has 2 heterocycles. The van der Waals surface area contributed by atoms with E-state index in [-0.39, 0.29) is 17.8 Å². The fraction of sp³-hybridized carbons (Fsp3) is 0.500. The average molecular weight is 522 g/mol. The lowest BCUT2D eigenvalue weighted by Gasteiger charge is -2.25. The van der Waals surface area contributed by atoms with E-state index in [2.05, 4.69) is 17.3 Å². The zero-order chi connectivity index (χ0) is 26.6. The Kier molecular flexibility index (Phi) is 10.6. The number of ether oxygens (including phenoxy) is 3. The fourth-order valence-electron chi connectivity index (χ4n) is 4.57. The maximum atomic E-state index is 12.8. The predicted octanol–water partition coefficient (Wildman–Crippen LogP) is 5.06. The van der Waals surface area contributed by atoms with Crippen LogP contribution in [0.4, 0.5) is 5.69 Å². The van der Waals surface area contributed by atoms with Crippen molar-refractivity contribution in [2.24, 2.45) is 11.0 Å². The summed E-state index contributed by atoms with van der Waals surface area (Å²) in [6.45, 7) is 6.11. The van der Waals surface area contributed by atoms with Crippen LogP contribution in [0.25, 0.3) is 0 Å². The molecule has 0 bridgehead atoms. The third-order valence-corrected chi connectivity index (χ3v) is 6.80. The Labute approximate surface area is 225 Å². The summed E-state index contributed by atoms with van der Waals surface area (Å²) in [5.41, 5.74) is 3.21. The van der Waals surface area contributed by atoms with Crippen LogP contribution in [0.1, 0.15) is 66.9 Å². The van der Waals surface area contributed by atoms with E-state index < -0.39 is 0 Å². The minimum absolute atomic E-state index is 0.0980. The molecule has 38 heavy (non-hydrogen) atoms. The van der Waals surface area contributed by atoms with Crippen molar-refractivity contribution in [2.75, 3.05) is 44.8 Å². The van der Waals surface area contributed by atoms with Crippen molar-refractivity contribution in [3.8, 4) is 5.75 Å². The van der Waals surface area contributed by atoms with Crippen molar-refractivity contribution in [3.05, 3.63) is 59.2 Å². The van der Waals surface area contributed by atoms with Gasteiger partial charge in [-0.1, -0.05) is 50.8 Å². The molecular weight excluding hydrogens is 482 g/mol. The van der Waals surface area contributed by atoms with Crippen LogP contribution in [0, 0.1) is 5.92 Å². The normalized spacial score (nSPS) is 17.1. The quantitative estimate of drug-likeness (QED) is 0.239. The second-order valence-corrected chi connectivity index (χ2v) is 9.93. The Morgan fingerprint density at radius 3 is 2.66 bits per heavy atom. The number of benzene rings is 2. The molecule has 0 radical (unpaired) electrons. The van der Waals surface area contributed by atoms with Crippen molar-refractivity contribution >= 4 is 23.8 Å². The molecule has 1 fully saturated rings. The number of carbonyl (C=O) groups is 2. The van der Waals surface area contributed by atoms with Crippen molar-refractivity contribution in [1.29, 1.82) is 0 Å². The van der Waals surface area contributed by atoms with Crippen LogP contribution in [-0.4, -0.2) is 62.6 Å². The van der Waals surface area contributed by atoms with Gasteiger partial charge in [0.05, 0.1) is 52.2 Å². The third kappa shape index (κ3) is 8.58. The summed E-state index contributed by atoms with van der Waals surface area (Å²) >= 11 is 0. The topological polar surface area (TPSA) is 89.5 Å². The van der Waals surface area contributed by atoms with E-state index in [1.165, 1.54) is 19.3 Å². The van der Waals surface area contributed by atoms with Gasteiger partial charge in [-0.2, -0.15) is 5.10 Å². The van der Waals surface area contributed by atoms with E-state index in [0.29, 0.717) is 44.1 Å². The first-order valence-corrected chi connectivity index (χ1v) is 13.8. The van der Waals surface area contributed by atoms with Gasteiger partial charge in [0.25, 0.3) is 5.91 Å². The molecule has 1 saturated heterocycles. The molecule has 2 aromatic rings. The number of unbranched alkanes of at least 4 members (excludes halogenated alkanes) is 4. The molecule has 2 aromatic carbocycles. The summed E-state index contributed by atoms with van der Waals surface area (Å²) in [6, 6.07) is 13.0. The summed E-state index contributed by atoms with van der Waals surface area (Å²) in [5, 5.41) is 9.40. The van der Waals surface area contributed by atoms with E-state index in [1.807, 2.05) is 35.3 Å². The molecule has 1 unspecified atom stereocenters. The van der Waals surface area contributed by atoms with E-state index in [4.69, 9.17) is 14.2 Å². The van der Waals surface area contributed by atoms with E-state index >= 15 is 0 Å². The van der Waals surface area contributed by atoms with E-state index in [0.717, 1.165) is 49.2 Å². The highest BCUT2D eigenvalue weighted by Crippen LogP contribution is 2.31. The standard InChI is InChI=1S/C30H39N3O5/c1-2-3-4-5-6-15-37-29(34)19-24-18-26-11-12-27(20-28(26)38-22-24)32-30(35)25-9-7-23(8-10-25)21-31-33-13-16-36-17-14-33/h7-12,20-21,24H,2-6,13-19,22H2,1H3,(H,32,35). The number of nitrogens with zero attached hydrogens (tertiary/aromatic N) is 2. The summed E-state index contributed by atoms with van der Waals surface area (Å²) in [6.07, 6.45) is 8.58. The number of carbonyl (C=O) groups excluding carboxylic acids is 2. The molecule has 204 valence electrons. The van der Waals surface area contributed by atoms with Gasteiger partial charge in [0.15, 0.2) is 0 Å². The summed E-state index contributed by atoms with van der Waals surface area (Å²) in [5.74, 6) is 0.506. The largest absolute Gasteiger partial charge is 0.493 e. The van der Waals surface area contributed by atoms with Gasteiger partial charge < -0.3 is 19.5 Å². The number of hydrazone groups is 1. The number of morpholine rings is 1. The number of hydrogen-bond donors (Lipinski definition) is 1.